The number of nitrogens with zero attached hydrogens (tertiary/aromatic N) is 1. The fourth-order valence-electron chi connectivity index (χ4n) is 1.91. The Balaban J connectivity index is 1.78. The highest BCUT2D eigenvalue weighted by Crippen LogP contribution is 2.19. The van der Waals surface area contributed by atoms with Crippen molar-refractivity contribution in [2.45, 2.75) is 0 Å². The zero-order chi connectivity index (χ0) is 13.8. The topological polar surface area (TPSA) is 55.1 Å². The molecule has 1 amide bonds. The SMILES string of the molecule is O=C(Nc1cnoc1)c1ccc(-c2ccccc2)cc1. The van der Waals surface area contributed by atoms with Gasteiger partial charge in [0.05, 0.1) is 6.20 Å². The molecule has 0 saturated heterocycles. The highest BCUT2D eigenvalue weighted by Gasteiger charge is 2.07. The molecule has 1 N–H and O–H groups in total. The van der Waals surface area contributed by atoms with Crippen molar-refractivity contribution < 1.29 is 9.32 Å². The molecule has 0 aliphatic carbocycles. The zero-order valence-corrected chi connectivity index (χ0v) is 10.6. The van der Waals surface area contributed by atoms with E-state index in [9.17, 15) is 4.79 Å². The van der Waals surface area contributed by atoms with Gasteiger partial charge in [0.15, 0.2) is 0 Å². The van der Waals surface area contributed by atoms with E-state index in [1.807, 2.05) is 42.5 Å². The quantitative estimate of drug-likeness (QED) is 0.786. The molecular weight excluding hydrogens is 252 g/mol. The summed E-state index contributed by atoms with van der Waals surface area (Å²) in [6.45, 7) is 0. The Hall–Kier alpha value is -2.88. The Morgan fingerprint density at radius 2 is 1.65 bits per heavy atom. The van der Waals surface area contributed by atoms with Gasteiger partial charge in [-0.05, 0) is 23.3 Å². The van der Waals surface area contributed by atoms with Gasteiger partial charge in [-0.1, -0.05) is 47.6 Å². The van der Waals surface area contributed by atoms with Gasteiger partial charge in [-0.15, -0.1) is 0 Å². The molecule has 0 bridgehead atoms. The molecule has 1 aromatic heterocycles. The van der Waals surface area contributed by atoms with E-state index in [4.69, 9.17) is 0 Å². The summed E-state index contributed by atoms with van der Waals surface area (Å²) in [6, 6.07) is 17.5. The molecule has 0 fully saturated rings. The van der Waals surface area contributed by atoms with Crippen LogP contribution in [0.5, 0.6) is 0 Å². The third-order valence-electron chi connectivity index (χ3n) is 2.94. The van der Waals surface area contributed by atoms with Crippen molar-refractivity contribution in [1.82, 2.24) is 5.16 Å². The number of hydrogen-bond donors (Lipinski definition) is 1. The van der Waals surface area contributed by atoms with E-state index in [1.54, 1.807) is 12.1 Å². The number of rotatable bonds is 3. The summed E-state index contributed by atoms with van der Waals surface area (Å²) >= 11 is 0. The molecule has 4 nitrogen and oxygen atoms in total. The van der Waals surface area contributed by atoms with Gasteiger partial charge < -0.3 is 9.84 Å². The van der Waals surface area contributed by atoms with Gasteiger partial charge in [0.2, 0.25) is 0 Å². The van der Waals surface area contributed by atoms with Crippen molar-refractivity contribution in [1.29, 1.82) is 0 Å². The van der Waals surface area contributed by atoms with Crippen molar-refractivity contribution in [3.05, 3.63) is 72.6 Å². The maximum Gasteiger partial charge on any atom is 0.255 e. The van der Waals surface area contributed by atoms with E-state index < -0.39 is 0 Å². The molecule has 0 atom stereocenters. The molecule has 20 heavy (non-hydrogen) atoms. The lowest BCUT2D eigenvalue weighted by Gasteiger charge is -2.04. The third kappa shape index (κ3) is 2.59. The number of benzene rings is 2. The average molecular weight is 264 g/mol. The maximum atomic E-state index is 12.0. The van der Waals surface area contributed by atoms with Crippen LogP contribution in [-0.2, 0) is 0 Å². The minimum atomic E-state index is -0.187. The Labute approximate surface area is 116 Å². The first-order valence-electron chi connectivity index (χ1n) is 6.19. The number of aromatic nitrogens is 1. The third-order valence-corrected chi connectivity index (χ3v) is 2.94. The second kappa shape index (κ2) is 5.40. The van der Waals surface area contributed by atoms with Crippen LogP contribution in [0.3, 0.4) is 0 Å². The molecule has 2 aromatic carbocycles. The highest BCUT2D eigenvalue weighted by atomic mass is 16.5. The first-order valence-corrected chi connectivity index (χ1v) is 6.19. The molecule has 3 rings (SSSR count). The summed E-state index contributed by atoms with van der Waals surface area (Å²) in [5, 5.41) is 6.24. The van der Waals surface area contributed by atoms with Gasteiger partial charge in [0, 0.05) is 5.56 Å². The van der Waals surface area contributed by atoms with Crippen molar-refractivity contribution in [2.75, 3.05) is 5.32 Å². The van der Waals surface area contributed by atoms with E-state index in [1.165, 1.54) is 12.5 Å². The molecule has 0 spiro atoms. The Kier molecular flexibility index (Phi) is 3.29. The van der Waals surface area contributed by atoms with Crippen molar-refractivity contribution in [3.8, 4) is 11.1 Å². The van der Waals surface area contributed by atoms with Crippen LogP contribution in [0.25, 0.3) is 11.1 Å². The summed E-state index contributed by atoms with van der Waals surface area (Å²) in [5.41, 5.74) is 3.33. The Morgan fingerprint density at radius 1 is 0.950 bits per heavy atom. The van der Waals surface area contributed by atoms with Gasteiger partial charge in [-0.25, -0.2) is 0 Å². The molecular formula is C16H12N2O2. The zero-order valence-electron chi connectivity index (χ0n) is 10.6. The molecule has 0 aliphatic rings. The Bertz CT molecular complexity index is 689. The molecule has 1 heterocycles. The lowest BCUT2D eigenvalue weighted by molar-refractivity contribution is 0.102. The predicted octanol–water partition coefficient (Wildman–Crippen LogP) is 3.59. The van der Waals surface area contributed by atoms with E-state index in [-0.39, 0.29) is 5.91 Å². The molecule has 0 unspecified atom stereocenters. The first-order chi connectivity index (χ1) is 9.83. The minimum absolute atomic E-state index is 0.187. The van der Waals surface area contributed by atoms with Crippen LogP contribution in [-0.4, -0.2) is 11.1 Å². The standard InChI is InChI=1S/C16H12N2O2/c19-16(18-15-10-17-20-11-15)14-8-6-13(7-9-14)12-4-2-1-3-5-12/h1-11H,(H,18,19). The number of amides is 1. The van der Waals surface area contributed by atoms with E-state index in [2.05, 4.69) is 15.0 Å². The van der Waals surface area contributed by atoms with E-state index in [0.29, 0.717) is 11.3 Å². The van der Waals surface area contributed by atoms with Crippen LogP contribution >= 0.6 is 0 Å². The average Bonchev–Trinajstić information content (AvgIpc) is 3.01. The smallest absolute Gasteiger partial charge is 0.255 e. The van der Waals surface area contributed by atoms with Gasteiger partial charge >= 0.3 is 0 Å². The van der Waals surface area contributed by atoms with E-state index in [0.717, 1.165) is 11.1 Å². The molecule has 0 radical (unpaired) electrons. The lowest BCUT2D eigenvalue weighted by atomic mass is 10.0. The summed E-state index contributed by atoms with van der Waals surface area (Å²) < 4.78 is 4.66. The van der Waals surface area contributed by atoms with Crippen LogP contribution in [0.15, 0.2) is 71.6 Å². The number of carbonyl (C=O) groups is 1. The van der Waals surface area contributed by atoms with Crippen LogP contribution in [0.2, 0.25) is 0 Å². The fourth-order valence-corrected chi connectivity index (χ4v) is 1.91. The Morgan fingerprint density at radius 3 is 2.30 bits per heavy atom. The van der Waals surface area contributed by atoms with Crippen molar-refractivity contribution in [2.24, 2.45) is 0 Å². The molecule has 3 aromatic rings. The van der Waals surface area contributed by atoms with Gasteiger partial charge in [0.25, 0.3) is 5.91 Å². The summed E-state index contributed by atoms with van der Waals surface area (Å²) in [4.78, 5) is 12.0. The summed E-state index contributed by atoms with van der Waals surface area (Å²) in [6.07, 6.45) is 2.84. The second-order valence-electron chi connectivity index (χ2n) is 4.31. The summed E-state index contributed by atoms with van der Waals surface area (Å²) in [5.74, 6) is -0.187. The van der Waals surface area contributed by atoms with Gasteiger partial charge in [-0.3, -0.25) is 4.79 Å². The second-order valence-corrected chi connectivity index (χ2v) is 4.31. The van der Waals surface area contributed by atoms with Crippen molar-refractivity contribution in [3.63, 3.8) is 0 Å². The maximum absolute atomic E-state index is 12.0. The predicted molar refractivity (Wildman–Crippen MR) is 76.3 cm³/mol. The minimum Gasteiger partial charge on any atom is -0.363 e. The number of anilines is 1. The number of carbonyl (C=O) groups excluding carboxylic acids is 1. The monoisotopic (exact) mass is 264 g/mol. The van der Waals surface area contributed by atoms with Crippen molar-refractivity contribution >= 4 is 11.6 Å². The normalized spacial score (nSPS) is 10.2. The number of hydrogen-bond acceptors (Lipinski definition) is 3. The highest BCUT2D eigenvalue weighted by molar-refractivity contribution is 6.04. The van der Waals surface area contributed by atoms with Gasteiger partial charge in [0.1, 0.15) is 12.0 Å². The van der Waals surface area contributed by atoms with Crippen LogP contribution in [0.1, 0.15) is 10.4 Å². The summed E-state index contributed by atoms with van der Waals surface area (Å²) in [7, 11) is 0. The molecule has 0 saturated carbocycles. The van der Waals surface area contributed by atoms with Gasteiger partial charge in [-0.2, -0.15) is 0 Å². The van der Waals surface area contributed by atoms with Crippen LogP contribution in [0.4, 0.5) is 5.69 Å². The lowest BCUT2D eigenvalue weighted by Crippen LogP contribution is -2.10. The number of nitrogens with one attached hydrogen (secondary N) is 1. The largest absolute Gasteiger partial charge is 0.363 e. The molecule has 98 valence electrons. The fraction of sp³-hybridized carbons (Fsp3) is 0. The first kappa shape index (κ1) is 12.2. The van der Waals surface area contributed by atoms with Crippen LogP contribution < -0.4 is 5.32 Å². The van der Waals surface area contributed by atoms with E-state index >= 15 is 0 Å². The molecule has 0 aliphatic heterocycles. The molecule has 4 heteroatoms. The van der Waals surface area contributed by atoms with Crippen LogP contribution in [0, 0.1) is 0 Å².